The summed E-state index contributed by atoms with van der Waals surface area (Å²) >= 11 is 9.78. The smallest absolute Gasteiger partial charge is 0.0677 e. The predicted octanol–water partition coefficient (Wildman–Crippen LogP) is 4.19. The van der Waals surface area contributed by atoms with E-state index in [4.69, 9.17) is 16.7 Å². The van der Waals surface area contributed by atoms with Crippen molar-refractivity contribution in [2.45, 2.75) is 39.8 Å². The van der Waals surface area contributed by atoms with Crippen molar-refractivity contribution in [1.82, 2.24) is 15.1 Å². The quantitative estimate of drug-likeness (QED) is 0.826. The van der Waals surface area contributed by atoms with Crippen molar-refractivity contribution in [3.63, 3.8) is 0 Å². The van der Waals surface area contributed by atoms with Crippen LogP contribution in [0.15, 0.2) is 22.7 Å². The second-order valence-electron chi connectivity index (χ2n) is 5.00. The molecule has 0 atom stereocenters. The zero-order chi connectivity index (χ0) is 15.4. The first-order chi connectivity index (χ1) is 10.1. The van der Waals surface area contributed by atoms with Crippen molar-refractivity contribution in [2.75, 3.05) is 7.05 Å². The zero-order valence-electron chi connectivity index (χ0n) is 12.7. The van der Waals surface area contributed by atoms with Crippen LogP contribution in [-0.2, 0) is 25.9 Å². The van der Waals surface area contributed by atoms with Gasteiger partial charge in [-0.05, 0) is 37.6 Å². The van der Waals surface area contributed by atoms with Gasteiger partial charge in [0, 0.05) is 27.3 Å². The molecule has 114 valence electrons. The second-order valence-corrected chi connectivity index (χ2v) is 6.33. The Labute approximate surface area is 139 Å². The van der Waals surface area contributed by atoms with Crippen LogP contribution in [0, 0.1) is 0 Å². The van der Waals surface area contributed by atoms with Crippen molar-refractivity contribution < 1.29 is 0 Å². The maximum Gasteiger partial charge on any atom is 0.0677 e. The fourth-order valence-corrected chi connectivity index (χ4v) is 3.32. The minimum atomic E-state index is 0.714. The number of hydrogen-bond acceptors (Lipinski definition) is 2. The molecule has 1 aromatic heterocycles. The molecular formula is C16H21BrClN3. The van der Waals surface area contributed by atoms with E-state index >= 15 is 0 Å². The molecule has 0 saturated heterocycles. The Morgan fingerprint density at radius 3 is 2.62 bits per heavy atom. The van der Waals surface area contributed by atoms with E-state index < -0.39 is 0 Å². The first-order valence-electron chi connectivity index (χ1n) is 7.26. The van der Waals surface area contributed by atoms with Gasteiger partial charge in [0.05, 0.1) is 12.2 Å². The molecule has 0 spiro atoms. The van der Waals surface area contributed by atoms with Crippen molar-refractivity contribution in [3.8, 4) is 0 Å². The van der Waals surface area contributed by atoms with Gasteiger partial charge in [-0.3, -0.25) is 4.68 Å². The highest BCUT2D eigenvalue weighted by Gasteiger charge is 2.15. The van der Waals surface area contributed by atoms with E-state index in [-0.39, 0.29) is 0 Å². The van der Waals surface area contributed by atoms with Gasteiger partial charge in [-0.1, -0.05) is 47.4 Å². The Hall–Kier alpha value is -0.840. The number of aromatic nitrogens is 2. The summed E-state index contributed by atoms with van der Waals surface area (Å²) in [7, 11) is 1.97. The fourth-order valence-electron chi connectivity index (χ4n) is 2.59. The minimum absolute atomic E-state index is 0.714. The SMILES string of the molecule is CCc1nn(Cc2ccc(Br)cc2Cl)c(CC)c1CNC. The van der Waals surface area contributed by atoms with Crippen molar-refractivity contribution in [1.29, 1.82) is 0 Å². The Morgan fingerprint density at radius 2 is 2.05 bits per heavy atom. The van der Waals surface area contributed by atoms with Crippen molar-refractivity contribution in [2.24, 2.45) is 0 Å². The maximum atomic E-state index is 6.33. The number of nitrogens with zero attached hydrogens (tertiary/aromatic N) is 2. The molecule has 1 aromatic carbocycles. The van der Waals surface area contributed by atoms with Gasteiger partial charge in [0.2, 0.25) is 0 Å². The number of aryl methyl sites for hydroxylation is 1. The van der Waals surface area contributed by atoms with Crippen LogP contribution in [0.2, 0.25) is 5.02 Å². The highest BCUT2D eigenvalue weighted by atomic mass is 79.9. The molecule has 0 aliphatic rings. The lowest BCUT2D eigenvalue weighted by Crippen LogP contribution is -2.10. The van der Waals surface area contributed by atoms with E-state index in [1.54, 1.807) is 0 Å². The molecule has 0 unspecified atom stereocenters. The summed E-state index contributed by atoms with van der Waals surface area (Å²) in [5.41, 5.74) is 4.89. The summed E-state index contributed by atoms with van der Waals surface area (Å²) in [5, 5.41) is 8.80. The molecule has 0 saturated carbocycles. The standard InChI is InChI=1S/C16H21BrClN3/c1-4-15-13(9-19-3)16(5-2)21(20-15)10-11-6-7-12(17)8-14(11)18/h6-8,19H,4-5,9-10H2,1-3H3. The molecule has 0 radical (unpaired) electrons. The van der Waals surface area contributed by atoms with E-state index in [0.717, 1.165) is 34.4 Å². The van der Waals surface area contributed by atoms with E-state index in [0.29, 0.717) is 6.54 Å². The highest BCUT2D eigenvalue weighted by molar-refractivity contribution is 9.10. The van der Waals surface area contributed by atoms with Crippen LogP contribution in [0.5, 0.6) is 0 Å². The van der Waals surface area contributed by atoms with Gasteiger partial charge in [0.1, 0.15) is 0 Å². The topological polar surface area (TPSA) is 29.9 Å². The molecule has 0 aliphatic carbocycles. The van der Waals surface area contributed by atoms with Crippen LogP contribution in [0.25, 0.3) is 0 Å². The van der Waals surface area contributed by atoms with Crippen LogP contribution in [0.4, 0.5) is 0 Å². The van der Waals surface area contributed by atoms with Crippen molar-refractivity contribution in [3.05, 3.63) is 50.2 Å². The fraction of sp³-hybridized carbons (Fsp3) is 0.438. The molecule has 5 heteroatoms. The molecule has 0 bridgehead atoms. The Kier molecular flexibility index (Phi) is 5.85. The average Bonchev–Trinajstić information content (AvgIpc) is 2.79. The molecule has 0 amide bonds. The predicted molar refractivity (Wildman–Crippen MR) is 92.0 cm³/mol. The van der Waals surface area contributed by atoms with Crippen LogP contribution >= 0.6 is 27.5 Å². The molecule has 2 rings (SSSR count). The first-order valence-corrected chi connectivity index (χ1v) is 8.43. The lowest BCUT2D eigenvalue weighted by Gasteiger charge is -2.09. The van der Waals surface area contributed by atoms with Gasteiger partial charge in [0.15, 0.2) is 0 Å². The Morgan fingerprint density at radius 1 is 1.29 bits per heavy atom. The van der Waals surface area contributed by atoms with Gasteiger partial charge in [-0.15, -0.1) is 0 Å². The number of benzene rings is 1. The van der Waals surface area contributed by atoms with Crippen LogP contribution in [0.3, 0.4) is 0 Å². The molecule has 0 aliphatic heterocycles. The molecule has 21 heavy (non-hydrogen) atoms. The molecule has 3 nitrogen and oxygen atoms in total. The van der Waals surface area contributed by atoms with Gasteiger partial charge in [0.25, 0.3) is 0 Å². The van der Waals surface area contributed by atoms with E-state index in [1.165, 1.54) is 17.0 Å². The molecule has 1 N–H and O–H groups in total. The van der Waals surface area contributed by atoms with Crippen molar-refractivity contribution >= 4 is 27.5 Å². The second kappa shape index (κ2) is 7.43. The number of halogens is 2. The Bertz CT molecular complexity index is 622. The summed E-state index contributed by atoms with van der Waals surface area (Å²) in [6, 6.07) is 6.00. The van der Waals surface area contributed by atoms with Crippen LogP contribution < -0.4 is 5.32 Å². The largest absolute Gasteiger partial charge is 0.316 e. The third kappa shape index (κ3) is 3.68. The number of nitrogens with one attached hydrogen (secondary N) is 1. The van der Waals surface area contributed by atoms with E-state index in [2.05, 4.69) is 45.8 Å². The average molecular weight is 371 g/mol. The molecule has 2 aromatic rings. The van der Waals surface area contributed by atoms with Gasteiger partial charge in [-0.25, -0.2) is 0 Å². The van der Waals surface area contributed by atoms with Gasteiger partial charge < -0.3 is 5.32 Å². The monoisotopic (exact) mass is 369 g/mol. The summed E-state index contributed by atoms with van der Waals surface area (Å²) < 4.78 is 3.10. The lowest BCUT2D eigenvalue weighted by atomic mass is 10.1. The third-order valence-corrected chi connectivity index (χ3v) is 4.45. The minimum Gasteiger partial charge on any atom is -0.316 e. The van der Waals surface area contributed by atoms with Crippen LogP contribution in [0.1, 0.15) is 36.4 Å². The third-order valence-electron chi connectivity index (χ3n) is 3.61. The number of rotatable bonds is 6. The van der Waals surface area contributed by atoms with Gasteiger partial charge in [-0.2, -0.15) is 5.10 Å². The van der Waals surface area contributed by atoms with E-state index in [9.17, 15) is 0 Å². The molecule has 1 heterocycles. The highest BCUT2D eigenvalue weighted by Crippen LogP contribution is 2.24. The van der Waals surface area contributed by atoms with Gasteiger partial charge >= 0.3 is 0 Å². The summed E-state index contributed by atoms with van der Waals surface area (Å²) in [5.74, 6) is 0. The number of hydrogen-bond donors (Lipinski definition) is 1. The summed E-state index contributed by atoms with van der Waals surface area (Å²) in [4.78, 5) is 0. The maximum absolute atomic E-state index is 6.33. The van der Waals surface area contributed by atoms with E-state index in [1.807, 2.05) is 19.2 Å². The summed E-state index contributed by atoms with van der Waals surface area (Å²) in [6.45, 7) is 5.90. The summed E-state index contributed by atoms with van der Waals surface area (Å²) in [6.07, 6.45) is 1.92. The molecular weight excluding hydrogens is 350 g/mol. The molecule has 0 fully saturated rings. The lowest BCUT2D eigenvalue weighted by molar-refractivity contribution is 0.638. The first kappa shape index (κ1) is 16.5. The van der Waals surface area contributed by atoms with Crippen LogP contribution in [-0.4, -0.2) is 16.8 Å². The zero-order valence-corrected chi connectivity index (χ0v) is 15.1. The normalized spacial score (nSPS) is 11.1. The Balaban J connectivity index is 2.39.